The Balaban J connectivity index is 0.953. The Morgan fingerprint density at radius 1 is 0.977 bits per heavy atom. The summed E-state index contributed by atoms with van der Waals surface area (Å²) in [5, 5.41) is 5.42. The Bertz CT molecular complexity index is 1780. The second kappa shape index (κ2) is 9.86. The molecule has 5 heterocycles. The minimum atomic E-state index is -0.700. The molecule has 44 heavy (non-hydrogen) atoms. The third-order valence-electron chi connectivity index (χ3n) is 9.39. The Kier molecular flexibility index (Phi) is 6.00. The van der Waals surface area contributed by atoms with E-state index < -0.39 is 17.9 Å². The van der Waals surface area contributed by atoms with Crippen LogP contribution in [0, 0.1) is 0 Å². The van der Waals surface area contributed by atoms with Gasteiger partial charge in [0, 0.05) is 24.5 Å². The van der Waals surface area contributed by atoms with Crippen LogP contribution in [-0.2, 0) is 22.6 Å². The van der Waals surface area contributed by atoms with Crippen LogP contribution in [0.4, 0.5) is 0 Å². The number of para-hydroxylation sites is 1. The highest BCUT2D eigenvalue weighted by molar-refractivity contribution is 6.21. The second-order valence-electron chi connectivity index (χ2n) is 11.9. The van der Waals surface area contributed by atoms with Gasteiger partial charge in [-0.25, -0.2) is 0 Å². The van der Waals surface area contributed by atoms with Crippen LogP contribution < -0.4 is 0 Å². The highest BCUT2D eigenvalue weighted by Gasteiger charge is 2.58. The van der Waals surface area contributed by atoms with Crippen LogP contribution in [0.1, 0.15) is 60.1 Å². The summed E-state index contributed by atoms with van der Waals surface area (Å²) < 4.78 is 14.0. The molecule has 1 aliphatic carbocycles. The number of fused-ring (bicyclic) bond motifs is 3. The highest BCUT2D eigenvalue weighted by Crippen LogP contribution is 2.47. The first kappa shape index (κ1) is 26.8. The zero-order chi connectivity index (χ0) is 30.2. The van der Waals surface area contributed by atoms with E-state index in [1.807, 2.05) is 30.3 Å². The summed E-state index contributed by atoms with van der Waals surface area (Å²) in [5.74, 6) is -1.05. The normalized spacial score (nSPS) is 22.2. The maximum Gasteiger partial charge on any atom is 0.270 e. The summed E-state index contributed by atoms with van der Waals surface area (Å²) in [6, 6.07) is 15.8. The predicted octanol–water partition coefficient (Wildman–Crippen LogP) is 2.66. The first-order chi connectivity index (χ1) is 21.4. The lowest BCUT2D eigenvalue weighted by molar-refractivity contribution is -0.226. The number of nitrogens with zero attached hydrogens (tertiary/aromatic N) is 5. The number of carbonyl (C=O) groups is 4. The van der Waals surface area contributed by atoms with Crippen LogP contribution in [0.3, 0.4) is 0 Å². The average Bonchev–Trinajstić information content (AvgIpc) is 3.46. The molecule has 2 aromatic heterocycles. The number of H-pyrrole nitrogens is 1. The molecule has 4 aliphatic rings. The van der Waals surface area contributed by atoms with E-state index in [9.17, 15) is 19.2 Å². The van der Waals surface area contributed by atoms with Gasteiger partial charge < -0.3 is 24.3 Å². The molecule has 224 valence electrons. The lowest BCUT2D eigenvalue weighted by atomic mass is 10.1. The zero-order valence-corrected chi connectivity index (χ0v) is 24.1. The predicted molar refractivity (Wildman–Crippen MR) is 156 cm³/mol. The molecule has 4 aromatic rings. The Hall–Kier alpha value is -4.81. The van der Waals surface area contributed by atoms with E-state index in [0.717, 1.165) is 10.9 Å². The fourth-order valence-corrected chi connectivity index (χ4v) is 6.69. The molecule has 3 aliphatic heterocycles. The van der Waals surface area contributed by atoms with Crippen LogP contribution >= 0.6 is 0 Å². The highest BCUT2D eigenvalue weighted by atomic mass is 16.7. The maximum atomic E-state index is 13.9. The van der Waals surface area contributed by atoms with Gasteiger partial charge in [0.05, 0.1) is 66.5 Å². The topological polar surface area (TPSA) is 130 Å². The van der Waals surface area contributed by atoms with Gasteiger partial charge in [0.2, 0.25) is 0 Å². The number of imide groups is 1. The molecule has 8 rings (SSSR count). The summed E-state index contributed by atoms with van der Waals surface area (Å²) in [7, 11) is 1.73. The van der Waals surface area contributed by atoms with E-state index in [1.54, 1.807) is 52.0 Å². The maximum absolute atomic E-state index is 13.9. The van der Waals surface area contributed by atoms with Gasteiger partial charge in [0.25, 0.3) is 23.6 Å². The number of hydrogen-bond acceptors (Lipinski definition) is 7. The lowest BCUT2D eigenvalue weighted by Gasteiger charge is -2.40. The molecule has 12 heteroatoms. The SMILES string of the molecule is CN(C(=O)c1cnn2c1CN(C(=O)c1cc3ccccc3[nH]1)CC2)C1(C2OCC(N3C(=O)c4ccccc4C3=O)CO2)CC1. The fraction of sp³-hybridized carbons (Fsp3) is 0.344. The lowest BCUT2D eigenvalue weighted by Crippen LogP contribution is -2.56. The summed E-state index contributed by atoms with van der Waals surface area (Å²) in [5.41, 5.74) is 2.62. The number of ether oxygens (including phenoxy) is 2. The summed E-state index contributed by atoms with van der Waals surface area (Å²) in [6.45, 7) is 1.46. The van der Waals surface area contributed by atoms with Crippen LogP contribution in [0.5, 0.6) is 0 Å². The van der Waals surface area contributed by atoms with E-state index in [1.165, 1.54) is 4.90 Å². The summed E-state index contributed by atoms with van der Waals surface area (Å²) in [4.78, 5) is 61.0. The number of carbonyl (C=O) groups excluding carboxylic acids is 4. The molecule has 2 fully saturated rings. The number of rotatable bonds is 5. The van der Waals surface area contributed by atoms with E-state index in [-0.39, 0.29) is 43.4 Å². The van der Waals surface area contributed by atoms with Crippen molar-refractivity contribution in [3.05, 3.63) is 88.9 Å². The van der Waals surface area contributed by atoms with Crippen LogP contribution in [0.2, 0.25) is 0 Å². The summed E-state index contributed by atoms with van der Waals surface area (Å²) in [6.07, 6.45) is 2.24. The largest absolute Gasteiger partial charge is 0.351 e. The van der Waals surface area contributed by atoms with Gasteiger partial charge in [-0.15, -0.1) is 0 Å². The van der Waals surface area contributed by atoms with Gasteiger partial charge in [0.15, 0.2) is 6.29 Å². The Labute approximate surface area is 252 Å². The molecule has 1 saturated heterocycles. The van der Waals surface area contributed by atoms with Gasteiger partial charge in [-0.3, -0.25) is 28.8 Å². The zero-order valence-electron chi connectivity index (χ0n) is 24.1. The molecule has 2 aromatic carbocycles. The van der Waals surface area contributed by atoms with E-state index >= 15 is 0 Å². The third kappa shape index (κ3) is 4.01. The molecule has 0 spiro atoms. The number of hydrogen-bond donors (Lipinski definition) is 1. The molecule has 12 nitrogen and oxygen atoms in total. The molecule has 0 bridgehead atoms. The first-order valence-corrected chi connectivity index (χ1v) is 14.8. The number of aromatic nitrogens is 3. The molecule has 0 unspecified atom stereocenters. The van der Waals surface area contributed by atoms with Gasteiger partial charge in [-0.05, 0) is 37.1 Å². The monoisotopic (exact) mass is 594 g/mol. The Morgan fingerprint density at radius 3 is 2.34 bits per heavy atom. The fourth-order valence-electron chi connectivity index (χ4n) is 6.69. The van der Waals surface area contributed by atoms with Crippen LogP contribution in [0.15, 0.2) is 60.8 Å². The number of aromatic amines is 1. The number of benzene rings is 2. The van der Waals surface area contributed by atoms with Crippen molar-refractivity contribution in [1.29, 1.82) is 0 Å². The van der Waals surface area contributed by atoms with Crippen molar-refractivity contribution < 1.29 is 28.7 Å². The van der Waals surface area contributed by atoms with Crippen molar-refractivity contribution in [3.8, 4) is 0 Å². The van der Waals surface area contributed by atoms with Gasteiger partial charge >= 0.3 is 0 Å². The average molecular weight is 595 g/mol. The summed E-state index contributed by atoms with van der Waals surface area (Å²) >= 11 is 0. The van der Waals surface area contributed by atoms with Crippen molar-refractivity contribution in [3.63, 3.8) is 0 Å². The van der Waals surface area contributed by atoms with Crippen molar-refractivity contribution in [1.82, 2.24) is 29.5 Å². The smallest absolute Gasteiger partial charge is 0.270 e. The second-order valence-corrected chi connectivity index (χ2v) is 11.9. The van der Waals surface area contributed by atoms with Crippen LogP contribution in [-0.4, -0.2) is 97.8 Å². The Morgan fingerprint density at radius 2 is 1.66 bits per heavy atom. The minimum absolute atomic E-state index is 0.119. The van der Waals surface area contributed by atoms with Crippen molar-refractivity contribution in [2.75, 3.05) is 26.8 Å². The third-order valence-corrected chi connectivity index (χ3v) is 9.39. The van der Waals surface area contributed by atoms with Crippen molar-refractivity contribution in [2.24, 2.45) is 0 Å². The molecule has 0 atom stereocenters. The molecular formula is C32H30N6O6. The number of likely N-dealkylation sites (N-methyl/N-ethyl adjacent to an activating group) is 1. The number of amides is 4. The standard InChI is InChI=1S/C32H30N6O6/c1-35(32(10-11-32)31-43-17-20(18-44-31)38-28(40)21-7-3-4-8-22(21)29(38)41)27(39)23-15-33-37-13-12-36(16-26(23)37)30(42)25-14-19-6-2-5-9-24(19)34-25/h2-9,14-15,20,31,34H,10-13,16-18H2,1H3. The van der Waals surface area contributed by atoms with Crippen molar-refractivity contribution >= 4 is 34.5 Å². The van der Waals surface area contributed by atoms with E-state index in [0.29, 0.717) is 54.0 Å². The molecule has 1 N–H and O–H groups in total. The van der Waals surface area contributed by atoms with Crippen molar-refractivity contribution in [2.45, 2.75) is 43.8 Å². The van der Waals surface area contributed by atoms with E-state index in [4.69, 9.17) is 9.47 Å². The van der Waals surface area contributed by atoms with Crippen LogP contribution in [0.25, 0.3) is 10.9 Å². The molecule has 0 radical (unpaired) electrons. The molecule has 4 amide bonds. The van der Waals surface area contributed by atoms with Gasteiger partial charge in [0.1, 0.15) is 5.69 Å². The molecule has 1 saturated carbocycles. The van der Waals surface area contributed by atoms with Gasteiger partial charge in [-0.1, -0.05) is 30.3 Å². The first-order valence-electron chi connectivity index (χ1n) is 14.8. The number of nitrogens with one attached hydrogen (secondary N) is 1. The van der Waals surface area contributed by atoms with E-state index in [2.05, 4.69) is 10.1 Å². The molecular weight excluding hydrogens is 564 g/mol. The van der Waals surface area contributed by atoms with Gasteiger partial charge in [-0.2, -0.15) is 5.10 Å². The quantitative estimate of drug-likeness (QED) is 0.352. The minimum Gasteiger partial charge on any atom is -0.351 e.